The lowest BCUT2D eigenvalue weighted by Gasteiger charge is -2.11. The number of carbonyl (C=O) groups is 2. The predicted octanol–water partition coefficient (Wildman–Crippen LogP) is 3.11. The number of carbonyl (C=O) groups excluding carboxylic acids is 1. The van der Waals surface area contributed by atoms with Crippen LogP contribution in [0, 0.1) is 10.1 Å². The molecule has 0 fully saturated rings. The van der Waals surface area contributed by atoms with E-state index in [0.29, 0.717) is 17.0 Å². The van der Waals surface area contributed by atoms with E-state index in [1.807, 2.05) is 0 Å². The third kappa shape index (κ3) is 3.45. The second-order valence-corrected chi connectivity index (χ2v) is 5.90. The zero-order valence-corrected chi connectivity index (χ0v) is 14.9. The normalized spacial score (nSPS) is 14.9. The van der Waals surface area contributed by atoms with Gasteiger partial charge in [-0.25, -0.2) is 4.79 Å². The number of nitro groups is 1. The van der Waals surface area contributed by atoms with Crippen molar-refractivity contribution in [2.75, 3.05) is 12.1 Å². The molecule has 0 saturated carbocycles. The van der Waals surface area contributed by atoms with Gasteiger partial charge in [-0.1, -0.05) is 6.07 Å². The molecule has 1 heterocycles. The molecule has 2 aromatic carbocycles. The van der Waals surface area contributed by atoms with Crippen LogP contribution in [0.3, 0.4) is 0 Å². The second-order valence-electron chi connectivity index (χ2n) is 5.90. The Kier molecular flexibility index (Phi) is 4.90. The van der Waals surface area contributed by atoms with Crippen molar-refractivity contribution in [2.45, 2.75) is 6.92 Å². The number of benzene rings is 2. The molecule has 1 aliphatic rings. The van der Waals surface area contributed by atoms with Gasteiger partial charge in [0.15, 0.2) is 5.75 Å². The summed E-state index contributed by atoms with van der Waals surface area (Å²) in [5.41, 5.74) is 1.47. The van der Waals surface area contributed by atoms with Crippen molar-refractivity contribution in [3.8, 4) is 5.75 Å². The van der Waals surface area contributed by atoms with Gasteiger partial charge in [0.1, 0.15) is 0 Å². The number of aromatic carboxylic acids is 1. The number of methoxy groups -OCH3 is 1. The maximum absolute atomic E-state index is 12.7. The first-order valence-corrected chi connectivity index (χ1v) is 8.09. The summed E-state index contributed by atoms with van der Waals surface area (Å²) in [5.74, 6) is -1.37. The molecule has 0 bridgehead atoms. The van der Waals surface area contributed by atoms with E-state index in [1.165, 1.54) is 49.6 Å². The molecule has 1 amide bonds. The van der Waals surface area contributed by atoms with Crippen molar-refractivity contribution < 1.29 is 24.4 Å². The van der Waals surface area contributed by atoms with E-state index in [0.717, 1.165) is 5.01 Å². The van der Waals surface area contributed by atoms with Crippen molar-refractivity contribution in [2.24, 2.45) is 5.10 Å². The van der Waals surface area contributed by atoms with Crippen LogP contribution in [0.5, 0.6) is 5.75 Å². The van der Waals surface area contributed by atoms with Crippen LogP contribution in [0.4, 0.5) is 11.4 Å². The molecule has 1 aliphatic heterocycles. The monoisotopic (exact) mass is 381 g/mol. The van der Waals surface area contributed by atoms with Crippen LogP contribution in [-0.2, 0) is 4.79 Å². The highest BCUT2D eigenvalue weighted by Gasteiger charge is 2.29. The zero-order valence-electron chi connectivity index (χ0n) is 14.9. The summed E-state index contributed by atoms with van der Waals surface area (Å²) >= 11 is 0. The Morgan fingerprint density at radius 3 is 2.50 bits per heavy atom. The fraction of sp³-hybridized carbons (Fsp3) is 0.105. The van der Waals surface area contributed by atoms with Gasteiger partial charge < -0.3 is 9.84 Å². The van der Waals surface area contributed by atoms with Gasteiger partial charge >= 0.3 is 11.7 Å². The number of rotatable bonds is 5. The van der Waals surface area contributed by atoms with E-state index in [2.05, 4.69) is 5.10 Å². The van der Waals surface area contributed by atoms with Crippen LogP contribution in [0.1, 0.15) is 22.8 Å². The third-order valence-corrected chi connectivity index (χ3v) is 4.13. The molecule has 0 unspecified atom stereocenters. The first-order valence-electron chi connectivity index (χ1n) is 8.09. The predicted molar refractivity (Wildman–Crippen MR) is 102 cm³/mol. The van der Waals surface area contributed by atoms with Crippen molar-refractivity contribution in [3.05, 3.63) is 69.3 Å². The van der Waals surface area contributed by atoms with Gasteiger partial charge in [-0.15, -0.1) is 0 Å². The molecule has 0 aromatic heterocycles. The van der Waals surface area contributed by atoms with Gasteiger partial charge in [0.25, 0.3) is 5.91 Å². The third-order valence-electron chi connectivity index (χ3n) is 4.13. The lowest BCUT2D eigenvalue weighted by Crippen LogP contribution is -2.21. The summed E-state index contributed by atoms with van der Waals surface area (Å²) in [6.45, 7) is 1.65. The topological polar surface area (TPSA) is 122 Å². The highest BCUT2D eigenvalue weighted by Crippen LogP contribution is 2.30. The Bertz CT molecular complexity index is 1040. The van der Waals surface area contributed by atoms with E-state index < -0.39 is 16.8 Å². The molecule has 0 aliphatic carbocycles. The van der Waals surface area contributed by atoms with E-state index in [1.54, 1.807) is 13.0 Å². The highest BCUT2D eigenvalue weighted by atomic mass is 16.6. The van der Waals surface area contributed by atoms with E-state index in [-0.39, 0.29) is 22.6 Å². The van der Waals surface area contributed by atoms with Crippen LogP contribution in [0.25, 0.3) is 6.08 Å². The molecule has 9 nitrogen and oxygen atoms in total. The molecule has 3 rings (SSSR count). The molecule has 142 valence electrons. The van der Waals surface area contributed by atoms with Crippen LogP contribution in [0.15, 0.2) is 53.1 Å². The molecule has 0 saturated heterocycles. The molecule has 0 atom stereocenters. The Morgan fingerprint density at radius 1 is 1.25 bits per heavy atom. The van der Waals surface area contributed by atoms with Crippen LogP contribution in [-0.4, -0.2) is 34.7 Å². The smallest absolute Gasteiger partial charge is 0.335 e. The largest absolute Gasteiger partial charge is 0.490 e. The average Bonchev–Trinajstić information content (AvgIpc) is 2.96. The number of anilines is 1. The standard InChI is InChI=1S/C19H15N3O6/c1-11-15(9-12-3-8-17(28-2)16(10-12)22(26)27)18(23)21(20-11)14-6-4-13(5-7-14)19(24)25/h3-10H,1-2H3,(H,24,25)/b15-9-. The Morgan fingerprint density at radius 2 is 1.93 bits per heavy atom. The van der Waals surface area contributed by atoms with E-state index in [4.69, 9.17) is 9.84 Å². The van der Waals surface area contributed by atoms with Crippen molar-refractivity contribution in [3.63, 3.8) is 0 Å². The Hall–Kier alpha value is -4.01. The number of hydrazone groups is 1. The minimum Gasteiger partial charge on any atom is -0.490 e. The maximum atomic E-state index is 12.7. The van der Waals surface area contributed by atoms with Crippen molar-refractivity contribution in [1.29, 1.82) is 0 Å². The van der Waals surface area contributed by atoms with Crippen molar-refractivity contribution in [1.82, 2.24) is 0 Å². The fourth-order valence-corrected chi connectivity index (χ4v) is 2.71. The summed E-state index contributed by atoms with van der Waals surface area (Å²) in [5, 5.41) is 25.5. The molecule has 28 heavy (non-hydrogen) atoms. The van der Waals surface area contributed by atoms with E-state index >= 15 is 0 Å². The molecule has 1 N–H and O–H groups in total. The van der Waals surface area contributed by atoms with Gasteiger partial charge in [-0.3, -0.25) is 14.9 Å². The molecule has 9 heteroatoms. The summed E-state index contributed by atoms with van der Waals surface area (Å²) in [7, 11) is 1.34. The van der Waals surface area contributed by atoms with Gasteiger partial charge in [-0.05, 0) is 48.9 Å². The number of amides is 1. The van der Waals surface area contributed by atoms with Gasteiger partial charge in [0, 0.05) is 6.07 Å². The lowest BCUT2D eigenvalue weighted by molar-refractivity contribution is -0.385. The SMILES string of the molecule is COc1ccc(/C=C2\C(=O)N(c3ccc(C(=O)O)cc3)N=C2C)cc1[N+](=O)[O-]. The number of nitrogens with zero attached hydrogens (tertiary/aromatic N) is 3. The zero-order chi connectivity index (χ0) is 20.4. The molecule has 2 aromatic rings. The molecule has 0 spiro atoms. The summed E-state index contributed by atoms with van der Waals surface area (Å²) in [6.07, 6.45) is 1.51. The van der Waals surface area contributed by atoms with Gasteiger partial charge in [-0.2, -0.15) is 10.1 Å². The number of nitro benzene ring substituents is 1. The van der Waals surface area contributed by atoms with Crippen LogP contribution >= 0.6 is 0 Å². The summed E-state index contributed by atoms with van der Waals surface area (Å²) < 4.78 is 4.97. The lowest BCUT2D eigenvalue weighted by atomic mass is 10.1. The second kappa shape index (κ2) is 7.31. The van der Waals surface area contributed by atoms with Crippen LogP contribution in [0.2, 0.25) is 0 Å². The van der Waals surface area contributed by atoms with Crippen LogP contribution < -0.4 is 9.75 Å². The number of hydrogen-bond donors (Lipinski definition) is 1. The quantitative estimate of drug-likeness (QED) is 0.482. The highest BCUT2D eigenvalue weighted by molar-refractivity contribution is 6.32. The number of carboxylic acids is 1. The molecule has 0 radical (unpaired) electrons. The Labute approximate surface area is 159 Å². The first-order chi connectivity index (χ1) is 13.3. The fourth-order valence-electron chi connectivity index (χ4n) is 2.71. The number of hydrogen-bond acceptors (Lipinski definition) is 6. The minimum atomic E-state index is -1.07. The maximum Gasteiger partial charge on any atom is 0.335 e. The summed E-state index contributed by atoms with van der Waals surface area (Å²) in [4.78, 5) is 34.3. The number of carboxylic acid groups (broad SMARTS) is 1. The summed E-state index contributed by atoms with van der Waals surface area (Å²) in [6, 6.07) is 10.1. The molecular formula is C19H15N3O6. The average molecular weight is 381 g/mol. The molecular weight excluding hydrogens is 366 g/mol. The number of ether oxygens (including phenoxy) is 1. The minimum absolute atomic E-state index is 0.0948. The van der Waals surface area contributed by atoms with Gasteiger partial charge in [0.05, 0.1) is 34.6 Å². The van der Waals surface area contributed by atoms with Crippen molar-refractivity contribution >= 4 is 35.0 Å². The Balaban J connectivity index is 1.93. The van der Waals surface area contributed by atoms with E-state index in [9.17, 15) is 19.7 Å². The first kappa shape index (κ1) is 18.8. The van der Waals surface area contributed by atoms with Gasteiger partial charge in [0.2, 0.25) is 0 Å².